The minimum atomic E-state index is -0.219. The van der Waals surface area contributed by atoms with Crippen LogP contribution in [0.5, 0.6) is 0 Å². The second kappa shape index (κ2) is 11.6. The van der Waals surface area contributed by atoms with E-state index in [0.717, 1.165) is 36.4 Å². The number of hydrogen-bond acceptors (Lipinski definition) is 1. The molecule has 4 aromatic carbocycles. The van der Waals surface area contributed by atoms with Crippen LogP contribution in [-0.2, 0) is 10.8 Å². The van der Waals surface area contributed by atoms with Gasteiger partial charge in [0.1, 0.15) is 0 Å². The van der Waals surface area contributed by atoms with E-state index in [2.05, 4.69) is 150 Å². The third-order valence-corrected chi connectivity index (χ3v) is 10.5. The topological polar surface area (TPSA) is 3.24 Å². The Morgan fingerprint density at radius 3 is 2.30 bits per heavy atom. The Hall–Kier alpha value is -3.81. The molecule has 1 heterocycles. The number of halogens is 1. The highest BCUT2D eigenvalue weighted by Crippen LogP contribution is 2.51. The Morgan fingerprint density at radius 2 is 1.57 bits per heavy atom. The number of allylic oxidation sites excluding steroid dienone is 9. The molecule has 4 aromatic rings. The van der Waals surface area contributed by atoms with Crippen LogP contribution in [0, 0.1) is 6.92 Å². The third kappa shape index (κ3) is 5.06. The highest BCUT2D eigenvalue weighted by atomic mass is 35.5. The van der Waals surface area contributed by atoms with Crippen molar-refractivity contribution in [2.45, 2.75) is 71.6 Å². The molecule has 44 heavy (non-hydrogen) atoms. The lowest BCUT2D eigenvalue weighted by molar-refractivity contribution is 0.638. The summed E-state index contributed by atoms with van der Waals surface area (Å²) in [5, 5.41) is 6.09. The number of hydrogen-bond donors (Lipinski definition) is 0. The molecule has 1 aliphatic carbocycles. The maximum absolute atomic E-state index is 7.15. The molecule has 1 aliphatic heterocycles. The van der Waals surface area contributed by atoms with Crippen LogP contribution in [0.1, 0.15) is 70.6 Å². The molecule has 224 valence electrons. The molecule has 0 radical (unpaired) electrons. The van der Waals surface area contributed by atoms with E-state index in [-0.39, 0.29) is 10.8 Å². The smallest absolute Gasteiger partial charge is 0.0469 e. The van der Waals surface area contributed by atoms with Gasteiger partial charge in [-0.1, -0.05) is 131 Å². The molecular formula is C42H44ClN. The van der Waals surface area contributed by atoms with Crippen LogP contribution < -0.4 is 4.90 Å². The first-order valence-corrected chi connectivity index (χ1v) is 16.4. The molecule has 0 aromatic heterocycles. The zero-order chi connectivity index (χ0) is 31.2. The lowest BCUT2D eigenvalue weighted by Crippen LogP contribution is -2.25. The monoisotopic (exact) mass is 597 g/mol. The summed E-state index contributed by atoms with van der Waals surface area (Å²) < 4.78 is 0. The summed E-state index contributed by atoms with van der Waals surface area (Å²) in [7, 11) is 0. The SMILES string of the molecule is C=C(/C=C/C1=C(Cl)C(=C/C=C2/N(CC)c3ccc4ccccc4c3C2(C)C)/CCC1)C(C)(C)c1c(C)ccc2ccccc12. The molecule has 0 spiro atoms. The first-order chi connectivity index (χ1) is 21.1. The van der Waals surface area contributed by atoms with E-state index in [4.69, 9.17) is 11.6 Å². The summed E-state index contributed by atoms with van der Waals surface area (Å²) in [4.78, 5) is 2.47. The number of fused-ring (bicyclic) bond motifs is 4. The normalized spacial score (nSPS) is 18.8. The van der Waals surface area contributed by atoms with Crippen molar-refractivity contribution in [1.29, 1.82) is 0 Å². The van der Waals surface area contributed by atoms with E-state index < -0.39 is 0 Å². The summed E-state index contributed by atoms with van der Waals surface area (Å²) in [5.41, 5.74) is 9.86. The van der Waals surface area contributed by atoms with Crippen LogP contribution in [0.4, 0.5) is 5.69 Å². The van der Waals surface area contributed by atoms with Crippen LogP contribution in [0.3, 0.4) is 0 Å². The summed E-state index contributed by atoms with van der Waals surface area (Å²) in [6.45, 7) is 19.2. The van der Waals surface area contributed by atoms with Crippen LogP contribution in [0.15, 0.2) is 131 Å². The fourth-order valence-corrected chi connectivity index (χ4v) is 7.86. The molecule has 0 atom stereocenters. The molecule has 0 bridgehead atoms. The maximum atomic E-state index is 7.15. The predicted molar refractivity (Wildman–Crippen MR) is 193 cm³/mol. The Kier molecular flexibility index (Phi) is 7.97. The number of likely N-dealkylation sites (N-methyl/N-ethyl adjacent to an activating group) is 1. The van der Waals surface area contributed by atoms with Crippen LogP contribution in [-0.4, -0.2) is 6.54 Å². The number of rotatable bonds is 6. The van der Waals surface area contributed by atoms with Gasteiger partial charge in [0.15, 0.2) is 0 Å². The van der Waals surface area contributed by atoms with Crippen molar-refractivity contribution in [1.82, 2.24) is 0 Å². The molecule has 0 saturated carbocycles. The zero-order valence-electron chi connectivity index (χ0n) is 27.1. The first kappa shape index (κ1) is 30.2. The van der Waals surface area contributed by atoms with Crippen molar-refractivity contribution in [3.8, 4) is 0 Å². The number of aryl methyl sites for hydroxylation is 1. The quantitative estimate of drug-likeness (QED) is 0.200. The molecule has 2 aliphatic rings. The minimum Gasteiger partial charge on any atom is -0.344 e. The highest BCUT2D eigenvalue weighted by Gasteiger charge is 2.40. The van der Waals surface area contributed by atoms with Gasteiger partial charge in [-0.2, -0.15) is 0 Å². The van der Waals surface area contributed by atoms with Crippen LogP contribution in [0.2, 0.25) is 0 Å². The van der Waals surface area contributed by atoms with Crippen LogP contribution >= 0.6 is 11.6 Å². The summed E-state index contributed by atoms with van der Waals surface area (Å²) >= 11 is 7.15. The van der Waals surface area contributed by atoms with Crippen molar-refractivity contribution in [3.05, 3.63) is 148 Å². The van der Waals surface area contributed by atoms with E-state index >= 15 is 0 Å². The van der Waals surface area contributed by atoms with E-state index in [1.165, 1.54) is 60.8 Å². The van der Waals surface area contributed by atoms with Gasteiger partial charge in [-0.25, -0.2) is 0 Å². The van der Waals surface area contributed by atoms with Gasteiger partial charge in [-0.05, 0) is 100 Å². The maximum Gasteiger partial charge on any atom is 0.0469 e. The molecule has 6 rings (SSSR count). The van der Waals surface area contributed by atoms with Crippen molar-refractivity contribution in [2.24, 2.45) is 0 Å². The summed E-state index contributed by atoms with van der Waals surface area (Å²) in [6, 6.07) is 26.4. The average Bonchev–Trinajstić information content (AvgIpc) is 3.24. The Bertz CT molecular complexity index is 1910. The third-order valence-electron chi connectivity index (χ3n) is 10.0. The van der Waals surface area contributed by atoms with Crippen molar-refractivity contribution in [3.63, 3.8) is 0 Å². The van der Waals surface area contributed by atoms with Gasteiger partial charge in [0, 0.05) is 33.8 Å². The summed E-state index contributed by atoms with van der Waals surface area (Å²) in [5.74, 6) is 0. The van der Waals surface area contributed by atoms with Crippen molar-refractivity contribution < 1.29 is 0 Å². The predicted octanol–water partition coefficient (Wildman–Crippen LogP) is 12.0. The number of benzene rings is 4. The largest absolute Gasteiger partial charge is 0.344 e. The molecule has 2 heteroatoms. The average molecular weight is 598 g/mol. The van der Waals surface area contributed by atoms with E-state index in [0.29, 0.717) is 0 Å². The van der Waals surface area contributed by atoms with Crippen LogP contribution in [0.25, 0.3) is 21.5 Å². The van der Waals surface area contributed by atoms with Gasteiger partial charge in [-0.15, -0.1) is 0 Å². The fourth-order valence-electron chi connectivity index (χ4n) is 7.54. The lowest BCUT2D eigenvalue weighted by atomic mass is 9.74. The second-order valence-corrected chi connectivity index (χ2v) is 13.8. The van der Waals surface area contributed by atoms with Gasteiger partial charge < -0.3 is 4.90 Å². The standard InChI is InChI=1S/C42H44ClN/c1-8-44-36-26-24-31-15-10-12-19-35(31)39(36)42(6,7)37(44)27-25-33-17-13-16-32(40(33)43)23-21-29(3)41(4,5)38-28(2)20-22-30-14-9-11-18-34(30)38/h9-12,14-15,18-27H,3,8,13,16-17H2,1-2,4-7H3/b23-21+,33-25+,37-27+. The van der Waals surface area contributed by atoms with Crippen molar-refractivity contribution in [2.75, 3.05) is 11.4 Å². The molecule has 0 N–H and O–H groups in total. The second-order valence-electron chi connectivity index (χ2n) is 13.4. The molecule has 1 nitrogen and oxygen atoms in total. The Morgan fingerprint density at radius 1 is 0.909 bits per heavy atom. The zero-order valence-corrected chi connectivity index (χ0v) is 27.9. The molecule has 0 amide bonds. The number of nitrogens with zero attached hydrogens (tertiary/aromatic N) is 1. The van der Waals surface area contributed by atoms with Gasteiger partial charge in [-0.3, -0.25) is 0 Å². The lowest BCUT2D eigenvalue weighted by Gasteiger charge is -2.30. The van der Waals surface area contributed by atoms with Gasteiger partial charge >= 0.3 is 0 Å². The van der Waals surface area contributed by atoms with E-state index in [1.54, 1.807) is 0 Å². The van der Waals surface area contributed by atoms with E-state index in [9.17, 15) is 0 Å². The minimum absolute atomic E-state index is 0.111. The van der Waals surface area contributed by atoms with Gasteiger partial charge in [0.2, 0.25) is 0 Å². The van der Waals surface area contributed by atoms with Gasteiger partial charge in [0.25, 0.3) is 0 Å². The summed E-state index contributed by atoms with van der Waals surface area (Å²) in [6.07, 6.45) is 12.1. The first-order valence-electron chi connectivity index (χ1n) is 16.0. The molecule has 0 unspecified atom stereocenters. The van der Waals surface area contributed by atoms with E-state index in [1.807, 2.05) is 0 Å². The molecule has 0 fully saturated rings. The van der Waals surface area contributed by atoms with Gasteiger partial charge in [0.05, 0.1) is 0 Å². The van der Waals surface area contributed by atoms with Crippen molar-refractivity contribution >= 4 is 38.8 Å². The highest BCUT2D eigenvalue weighted by molar-refractivity contribution is 6.32. The Labute approximate surface area is 268 Å². The molecule has 0 saturated heterocycles. The fraction of sp³-hybridized carbons (Fsp3) is 0.286. The number of anilines is 1. The molecular weight excluding hydrogens is 554 g/mol. The Balaban J connectivity index is 1.31.